The monoisotopic (exact) mass is 372 g/mol. The highest BCUT2D eigenvalue weighted by molar-refractivity contribution is 9.10. The van der Waals surface area contributed by atoms with Gasteiger partial charge in [-0.05, 0) is 55.3 Å². The van der Waals surface area contributed by atoms with Crippen LogP contribution in [0, 0.1) is 13.8 Å². The van der Waals surface area contributed by atoms with Gasteiger partial charge in [-0.3, -0.25) is 9.59 Å². The molecule has 2 aromatic carbocycles. The second-order valence-corrected chi connectivity index (χ2v) is 6.68. The molecule has 1 aliphatic rings. The Morgan fingerprint density at radius 2 is 1.78 bits per heavy atom. The Hall–Kier alpha value is -2.14. The van der Waals surface area contributed by atoms with E-state index in [1.54, 1.807) is 0 Å². The summed E-state index contributed by atoms with van der Waals surface area (Å²) in [5, 5.41) is 3.15. The first-order chi connectivity index (χ1) is 11.0. The number of anilines is 2. The molecule has 1 fully saturated rings. The second kappa shape index (κ2) is 6.16. The van der Waals surface area contributed by atoms with E-state index < -0.39 is 6.04 Å². The molecule has 23 heavy (non-hydrogen) atoms. The zero-order valence-corrected chi connectivity index (χ0v) is 14.6. The summed E-state index contributed by atoms with van der Waals surface area (Å²) < 4.78 is 0.967. The van der Waals surface area contributed by atoms with E-state index >= 15 is 0 Å². The summed E-state index contributed by atoms with van der Waals surface area (Å²) in [6.45, 7) is 3.86. The van der Waals surface area contributed by atoms with Crippen molar-refractivity contribution in [2.24, 2.45) is 0 Å². The molecule has 0 spiro atoms. The van der Waals surface area contributed by atoms with E-state index in [-0.39, 0.29) is 18.2 Å². The lowest BCUT2D eigenvalue weighted by Crippen LogP contribution is -2.35. The van der Waals surface area contributed by atoms with E-state index in [4.69, 9.17) is 0 Å². The number of amides is 2. The van der Waals surface area contributed by atoms with Crippen LogP contribution in [-0.2, 0) is 9.59 Å². The number of rotatable bonds is 3. The fourth-order valence-corrected chi connectivity index (χ4v) is 2.97. The van der Waals surface area contributed by atoms with Gasteiger partial charge < -0.3 is 5.32 Å². The van der Waals surface area contributed by atoms with Gasteiger partial charge in [0.2, 0.25) is 5.91 Å². The maximum Gasteiger partial charge on any atom is 0.256 e. The van der Waals surface area contributed by atoms with Gasteiger partial charge in [0.05, 0.1) is 12.1 Å². The molecule has 5 heteroatoms. The predicted molar refractivity (Wildman–Crippen MR) is 94.6 cm³/mol. The summed E-state index contributed by atoms with van der Waals surface area (Å²) in [5.74, 6) is -0.370. The Bertz CT molecular complexity index is 771. The first kappa shape index (κ1) is 15.7. The molecule has 1 aliphatic heterocycles. The number of benzene rings is 2. The van der Waals surface area contributed by atoms with E-state index in [0.29, 0.717) is 5.69 Å². The van der Waals surface area contributed by atoms with Gasteiger partial charge in [-0.1, -0.05) is 28.1 Å². The van der Waals surface area contributed by atoms with Crippen molar-refractivity contribution in [3.63, 3.8) is 0 Å². The summed E-state index contributed by atoms with van der Waals surface area (Å²) in [6, 6.07) is 12.8. The normalized spacial score (nSPS) is 17.7. The van der Waals surface area contributed by atoms with E-state index in [2.05, 4.69) is 21.2 Å². The number of aryl methyl sites for hydroxylation is 2. The molecule has 4 nitrogen and oxygen atoms in total. The minimum atomic E-state index is -0.524. The van der Waals surface area contributed by atoms with Gasteiger partial charge in [0.25, 0.3) is 5.91 Å². The van der Waals surface area contributed by atoms with Crippen LogP contribution in [0.25, 0.3) is 0 Å². The smallest absolute Gasteiger partial charge is 0.256 e. The third kappa shape index (κ3) is 3.15. The van der Waals surface area contributed by atoms with Crippen molar-refractivity contribution < 1.29 is 9.59 Å². The highest BCUT2D eigenvalue weighted by Crippen LogP contribution is 2.28. The van der Waals surface area contributed by atoms with Crippen molar-refractivity contribution in [1.82, 2.24) is 0 Å². The molecule has 118 valence electrons. The molecule has 0 unspecified atom stereocenters. The van der Waals surface area contributed by atoms with Crippen molar-refractivity contribution in [2.45, 2.75) is 26.3 Å². The van der Waals surface area contributed by atoms with Crippen LogP contribution in [0.4, 0.5) is 11.4 Å². The van der Waals surface area contributed by atoms with Crippen LogP contribution in [0.15, 0.2) is 46.9 Å². The molecule has 3 rings (SSSR count). The van der Waals surface area contributed by atoms with Crippen molar-refractivity contribution in [2.75, 3.05) is 10.2 Å². The Kier molecular flexibility index (Phi) is 4.22. The molecule has 1 heterocycles. The van der Waals surface area contributed by atoms with Crippen LogP contribution >= 0.6 is 15.9 Å². The number of hydrogen-bond donors (Lipinski definition) is 1. The van der Waals surface area contributed by atoms with Crippen LogP contribution < -0.4 is 10.2 Å². The van der Waals surface area contributed by atoms with Gasteiger partial charge in [0.1, 0.15) is 6.04 Å². The number of halogens is 1. The number of nitrogens with zero attached hydrogens (tertiary/aromatic N) is 1. The Morgan fingerprint density at radius 3 is 2.48 bits per heavy atom. The van der Waals surface area contributed by atoms with Crippen molar-refractivity contribution in [1.29, 1.82) is 0 Å². The fraction of sp³-hybridized carbons (Fsp3) is 0.222. The third-order valence-corrected chi connectivity index (χ3v) is 4.47. The fourth-order valence-electron chi connectivity index (χ4n) is 2.71. The van der Waals surface area contributed by atoms with Crippen molar-refractivity contribution >= 4 is 39.1 Å². The minimum absolute atomic E-state index is 0.168. The van der Waals surface area contributed by atoms with Crippen LogP contribution in [0.1, 0.15) is 17.5 Å². The lowest BCUT2D eigenvalue weighted by atomic mass is 10.1. The molecule has 1 atom stereocenters. The highest BCUT2D eigenvalue weighted by atomic mass is 79.9. The van der Waals surface area contributed by atoms with Gasteiger partial charge in [0, 0.05) is 10.2 Å². The molecule has 0 bridgehead atoms. The summed E-state index contributed by atoms with van der Waals surface area (Å²) >= 11 is 3.38. The zero-order valence-electron chi connectivity index (χ0n) is 13.0. The first-order valence-corrected chi connectivity index (χ1v) is 8.21. The zero-order chi connectivity index (χ0) is 16.6. The van der Waals surface area contributed by atoms with Gasteiger partial charge in [-0.15, -0.1) is 0 Å². The molecule has 2 aromatic rings. The average Bonchev–Trinajstić information content (AvgIpc) is 2.78. The minimum Gasteiger partial charge on any atom is -0.373 e. The number of imide groups is 1. The molecule has 0 radical (unpaired) electrons. The number of carbonyl (C=O) groups is 2. The van der Waals surface area contributed by atoms with Gasteiger partial charge >= 0.3 is 0 Å². The molecule has 1 saturated heterocycles. The molecule has 0 aromatic heterocycles. The lowest BCUT2D eigenvalue weighted by Gasteiger charge is -2.18. The third-order valence-electron chi connectivity index (χ3n) is 3.94. The number of hydrogen-bond acceptors (Lipinski definition) is 3. The highest BCUT2D eigenvalue weighted by Gasteiger charge is 2.40. The van der Waals surface area contributed by atoms with Crippen LogP contribution in [-0.4, -0.2) is 17.9 Å². The van der Waals surface area contributed by atoms with Crippen LogP contribution in [0.5, 0.6) is 0 Å². The van der Waals surface area contributed by atoms with Crippen molar-refractivity contribution in [3.05, 3.63) is 58.1 Å². The van der Waals surface area contributed by atoms with Crippen molar-refractivity contribution in [3.8, 4) is 0 Å². The number of carbonyl (C=O) groups excluding carboxylic acids is 2. The Balaban J connectivity index is 1.85. The number of nitrogens with one attached hydrogen (secondary N) is 1. The van der Waals surface area contributed by atoms with E-state index in [9.17, 15) is 9.59 Å². The first-order valence-electron chi connectivity index (χ1n) is 7.42. The van der Waals surface area contributed by atoms with Gasteiger partial charge in [-0.25, -0.2) is 4.90 Å². The molecular formula is C18H17BrN2O2. The topological polar surface area (TPSA) is 49.4 Å². The van der Waals surface area contributed by atoms with Gasteiger partial charge in [0.15, 0.2) is 0 Å². The SMILES string of the molecule is Cc1ccc(C)c(N2C(=O)C[C@@H](Nc3ccc(Br)cc3)C2=O)c1. The van der Waals surface area contributed by atoms with Crippen LogP contribution in [0.3, 0.4) is 0 Å². The van der Waals surface area contributed by atoms with E-state index in [1.807, 2.05) is 56.3 Å². The standard InChI is InChI=1S/C18H17BrN2O2/c1-11-3-4-12(2)16(9-11)21-17(22)10-15(18(21)23)20-14-7-5-13(19)6-8-14/h3-9,15,20H,10H2,1-2H3/t15-/m1/s1. The molecule has 1 N–H and O–H groups in total. The molecule has 0 aliphatic carbocycles. The molecule has 2 amide bonds. The average molecular weight is 373 g/mol. The van der Waals surface area contributed by atoms with E-state index in [0.717, 1.165) is 21.3 Å². The Labute approximate surface area is 143 Å². The largest absolute Gasteiger partial charge is 0.373 e. The predicted octanol–water partition coefficient (Wildman–Crippen LogP) is 3.81. The summed E-state index contributed by atoms with van der Waals surface area (Å²) in [6.07, 6.45) is 0.169. The second-order valence-electron chi connectivity index (χ2n) is 5.77. The maximum absolute atomic E-state index is 12.7. The molecular weight excluding hydrogens is 356 g/mol. The maximum atomic E-state index is 12.7. The quantitative estimate of drug-likeness (QED) is 0.833. The van der Waals surface area contributed by atoms with Crippen LogP contribution in [0.2, 0.25) is 0 Å². The summed E-state index contributed by atoms with van der Waals surface area (Å²) in [7, 11) is 0. The summed E-state index contributed by atoms with van der Waals surface area (Å²) in [4.78, 5) is 26.3. The lowest BCUT2D eigenvalue weighted by molar-refractivity contribution is -0.121. The summed E-state index contributed by atoms with van der Waals surface area (Å²) in [5.41, 5.74) is 3.44. The molecule has 0 saturated carbocycles. The van der Waals surface area contributed by atoms with E-state index in [1.165, 1.54) is 4.90 Å². The Morgan fingerprint density at radius 1 is 1.09 bits per heavy atom. The van der Waals surface area contributed by atoms with Gasteiger partial charge in [-0.2, -0.15) is 0 Å².